The summed E-state index contributed by atoms with van der Waals surface area (Å²) in [5, 5.41) is 48.0. The van der Waals surface area contributed by atoms with Crippen LogP contribution < -0.4 is 5.73 Å². The number of aliphatic hydroxyl groups is 4. The average molecular weight is 445 g/mol. The number of ether oxygens (including phenoxy) is 2. The van der Waals surface area contributed by atoms with Crippen LogP contribution in [0.4, 0.5) is 0 Å². The first-order valence-corrected chi connectivity index (χ1v) is 11.0. The monoisotopic (exact) mass is 444 g/mol. The molecule has 7 atom stereocenters. The second-order valence-corrected chi connectivity index (χ2v) is 10.8. The van der Waals surface area contributed by atoms with E-state index < -0.39 is 48.8 Å². The molecule has 0 aromatic heterocycles. The summed E-state index contributed by atoms with van der Waals surface area (Å²) in [6.07, 6.45) is -0.694. The van der Waals surface area contributed by atoms with Gasteiger partial charge in [0.15, 0.2) is 17.9 Å². The van der Waals surface area contributed by atoms with Crippen molar-refractivity contribution in [3.63, 3.8) is 0 Å². The molecule has 31 heavy (non-hydrogen) atoms. The van der Waals surface area contributed by atoms with Crippen LogP contribution in [0.3, 0.4) is 0 Å². The molecular formula is C22H40N2O7. The number of hydrogen-bond acceptors (Lipinski definition) is 9. The van der Waals surface area contributed by atoms with Crippen LogP contribution in [0, 0.1) is 28.1 Å². The predicted molar refractivity (Wildman–Crippen MR) is 114 cm³/mol. The molecule has 9 heteroatoms. The van der Waals surface area contributed by atoms with E-state index in [9.17, 15) is 25.2 Å². The first kappa shape index (κ1) is 26.3. The first-order valence-electron chi connectivity index (χ1n) is 11.0. The maximum atomic E-state index is 11.8. The number of hydrogen-bond donors (Lipinski definition) is 6. The molecule has 7 unspecified atom stereocenters. The molecule has 0 amide bonds. The third-order valence-electron chi connectivity index (χ3n) is 6.71. The van der Waals surface area contributed by atoms with Crippen molar-refractivity contribution in [2.75, 3.05) is 13.2 Å². The third-order valence-corrected chi connectivity index (χ3v) is 6.71. The molecule has 1 aliphatic carbocycles. The fourth-order valence-corrected chi connectivity index (χ4v) is 5.06. The van der Waals surface area contributed by atoms with E-state index in [0.29, 0.717) is 25.9 Å². The summed E-state index contributed by atoms with van der Waals surface area (Å²) in [5.74, 6) is -3.84. The number of Topliss-reactive ketones (excluding diaryl/α,β-unsaturated/α-hetero) is 1. The third kappa shape index (κ3) is 5.71. The molecule has 0 bridgehead atoms. The second kappa shape index (κ2) is 9.51. The molecule has 1 aliphatic heterocycles. The van der Waals surface area contributed by atoms with Gasteiger partial charge in [-0.05, 0) is 43.4 Å². The van der Waals surface area contributed by atoms with E-state index in [1.807, 2.05) is 0 Å². The molecule has 1 heterocycles. The van der Waals surface area contributed by atoms with Crippen molar-refractivity contribution in [3.05, 3.63) is 0 Å². The Morgan fingerprint density at radius 2 is 1.77 bits per heavy atom. The molecule has 1 saturated heterocycles. The summed E-state index contributed by atoms with van der Waals surface area (Å²) in [5.41, 5.74) is 5.45. The Labute approximate surface area is 184 Å². The lowest BCUT2D eigenvalue weighted by Crippen LogP contribution is -2.63. The van der Waals surface area contributed by atoms with Gasteiger partial charge in [0.05, 0.1) is 49.0 Å². The number of carbonyl (C=O) groups is 1. The highest BCUT2D eigenvalue weighted by Crippen LogP contribution is 2.53. The van der Waals surface area contributed by atoms with Gasteiger partial charge in [0, 0.05) is 0 Å². The molecule has 0 aromatic rings. The van der Waals surface area contributed by atoms with Gasteiger partial charge in [0.1, 0.15) is 0 Å². The zero-order valence-electron chi connectivity index (χ0n) is 19.3. The maximum Gasteiger partial charge on any atom is 0.192 e. The van der Waals surface area contributed by atoms with Gasteiger partial charge in [-0.15, -0.1) is 0 Å². The summed E-state index contributed by atoms with van der Waals surface area (Å²) in [6, 6.07) is -0.650. The summed E-state index contributed by atoms with van der Waals surface area (Å²) in [6.45, 7) is 9.89. The second-order valence-electron chi connectivity index (χ2n) is 10.8. The van der Waals surface area contributed by atoms with Crippen molar-refractivity contribution >= 4 is 11.5 Å². The number of nitrogens with two attached hydrogens (primary N) is 1. The number of ketones is 1. The maximum absolute atomic E-state index is 11.8. The zero-order valence-corrected chi connectivity index (χ0v) is 19.3. The Bertz CT molecular complexity index is 666. The molecule has 2 fully saturated rings. The molecule has 0 aromatic carbocycles. The van der Waals surface area contributed by atoms with Gasteiger partial charge in [-0.1, -0.05) is 27.7 Å². The van der Waals surface area contributed by atoms with E-state index in [0.717, 1.165) is 6.42 Å². The summed E-state index contributed by atoms with van der Waals surface area (Å²) < 4.78 is 11.2. The van der Waals surface area contributed by atoms with Crippen LogP contribution in [0.5, 0.6) is 0 Å². The van der Waals surface area contributed by atoms with Crippen molar-refractivity contribution in [2.45, 2.75) is 90.6 Å². The standard InChI is InChI=1S/C22H40N2O7/c1-12(23)16(26)14(24)6-7-20(2,3)11-21(4,5)8-9-30-19-15-18(28)17(27)13(10-25)22(15,29)31-19/h12-13,15,17-19,24-25,27-29H,6-11,23H2,1-5H3. The van der Waals surface area contributed by atoms with E-state index in [1.54, 1.807) is 6.92 Å². The molecule has 9 nitrogen and oxygen atoms in total. The van der Waals surface area contributed by atoms with Crippen molar-refractivity contribution in [3.8, 4) is 0 Å². The topological polar surface area (TPSA) is 166 Å². The van der Waals surface area contributed by atoms with Crippen LogP contribution in [-0.2, 0) is 14.3 Å². The number of carbonyl (C=O) groups excluding carboxylic acids is 1. The summed E-state index contributed by atoms with van der Waals surface area (Å²) >= 11 is 0. The Morgan fingerprint density at radius 1 is 1.19 bits per heavy atom. The molecule has 1 saturated carbocycles. The number of nitrogens with one attached hydrogen (secondary N) is 1. The van der Waals surface area contributed by atoms with Gasteiger partial charge < -0.3 is 41.0 Å². The quantitative estimate of drug-likeness (QED) is 0.237. The van der Waals surface area contributed by atoms with Crippen LogP contribution in [0.2, 0.25) is 0 Å². The molecular weight excluding hydrogens is 404 g/mol. The van der Waals surface area contributed by atoms with Gasteiger partial charge >= 0.3 is 0 Å². The normalized spacial score (nSPS) is 34.2. The largest absolute Gasteiger partial charge is 0.396 e. The number of fused-ring (bicyclic) bond motifs is 1. The van der Waals surface area contributed by atoms with Gasteiger partial charge in [0.2, 0.25) is 0 Å². The Morgan fingerprint density at radius 3 is 2.32 bits per heavy atom. The van der Waals surface area contributed by atoms with E-state index in [2.05, 4.69) is 27.7 Å². The molecule has 0 radical (unpaired) electrons. The van der Waals surface area contributed by atoms with Crippen molar-refractivity contribution in [1.82, 2.24) is 0 Å². The average Bonchev–Trinajstić information content (AvgIpc) is 2.77. The Kier molecular flexibility index (Phi) is 8.07. The molecule has 2 rings (SSSR count). The molecule has 180 valence electrons. The van der Waals surface area contributed by atoms with Gasteiger partial charge in [-0.25, -0.2) is 0 Å². The number of aliphatic hydroxyl groups excluding tert-OH is 3. The highest BCUT2D eigenvalue weighted by atomic mass is 16.8. The minimum atomic E-state index is -1.77. The van der Waals surface area contributed by atoms with Gasteiger partial charge in [0.25, 0.3) is 0 Å². The fraction of sp³-hybridized carbons (Fsp3) is 0.909. The lowest BCUT2D eigenvalue weighted by molar-refractivity contribution is -0.438. The van der Waals surface area contributed by atoms with Crippen molar-refractivity contribution < 1.29 is 34.7 Å². The molecule has 7 N–H and O–H groups in total. The van der Waals surface area contributed by atoms with E-state index >= 15 is 0 Å². The number of rotatable bonds is 12. The van der Waals surface area contributed by atoms with Crippen molar-refractivity contribution in [2.24, 2.45) is 28.4 Å². The van der Waals surface area contributed by atoms with Gasteiger partial charge in [-0.3, -0.25) is 4.79 Å². The predicted octanol–water partition coefficient (Wildman–Crippen LogP) is 0.557. The van der Waals surface area contributed by atoms with E-state index in [1.165, 1.54) is 0 Å². The van der Waals surface area contributed by atoms with E-state index in [-0.39, 0.29) is 22.3 Å². The Hall–Kier alpha value is -0.940. The smallest absolute Gasteiger partial charge is 0.192 e. The zero-order chi connectivity index (χ0) is 23.8. The molecule has 0 spiro atoms. The highest BCUT2D eigenvalue weighted by Gasteiger charge is 2.71. The van der Waals surface area contributed by atoms with Crippen LogP contribution >= 0.6 is 0 Å². The van der Waals surface area contributed by atoms with Crippen LogP contribution in [0.25, 0.3) is 0 Å². The first-order chi connectivity index (χ1) is 14.1. The summed E-state index contributed by atoms with van der Waals surface area (Å²) in [4.78, 5) is 11.8. The van der Waals surface area contributed by atoms with Crippen LogP contribution in [0.1, 0.15) is 60.3 Å². The van der Waals surface area contributed by atoms with E-state index in [4.69, 9.17) is 20.6 Å². The highest BCUT2D eigenvalue weighted by molar-refractivity contribution is 6.40. The minimum Gasteiger partial charge on any atom is -0.396 e. The fourth-order valence-electron chi connectivity index (χ4n) is 5.06. The Balaban J connectivity index is 1.80. The SMILES string of the molecule is CC(N)C(=O)C(=N)CCC(C)(C)CC(C)(C)CCOC1OC2(O)C(CO)C(O)C(O)C12. The van der Waals surface area contributed by atoms with Gasteiger partial charge in [-0.2, -0.15) is 0 Å². The minimum absolute atomic E-state index is 0.0670. The van der Waals surface area contributed by atoms with Crippen LogP contribution in [-0.4, -0.2) is 75.5 Å². The lowest BCUT2D eigenvalue weighted by atomic mass is 9.71. The van der Waals surface area contributed by atoms with Crippen molar-refractivity contribution in [1.29, 1.82) is 5.41 Å². The summed E-state index contributed by atoms with van der Waals surface area (Å²) in [7, 11) is 0. The molecule has 2 aliphatic rings. The lowest BCUT2D eigenvalue weighted by Gasteiger charge is -2.49. The van der Waals surface area contributed by atoms with Crippen LogP contribution in [0.15, 0.2) is 0 Å².